The zero-order valence-electron chi connectivity index (χ0n) is 18.5. The van der Waals surface area contributed by atoms with Crippen molar-refractivity contribution in [2.24, 2.45) is 0 Å². The van der Waals surface area contributed by atoms with Gasteiger partial charge in [-0.05, 0) is 32.0 Å². The molecule has 0 aliphatic carbocycles. The zero-order chi connectivity index (χ0) is 24.2. The number of hydrogen-bond donors (Lipinski definition) is 2. The molecule has 0 fully saturated rings. The van der Waals surface area contributed by atoms with Gasteiger partial charge in [-0.25, -0.2) is 14.4 Å². The number of hydrogen-bond acceptors (Lipinski definition) is 7. The van der Waals surface area contributed by atoms with Crippen LogP contribution >= 0.6 is 0 Å². The van der Waals surface area contributed by atoms with Crippen molar-refractivity contribution in [1.82, 2.24) is 20.4 Å². The molecule has 0 saturated carbocycles. The minimum absolute atomic E-state index is 0.0781. The van der Waals surface area contributed by atoms with Gasteiger partial charge >= 0.3 is 18.0 Å². The van der Waals surface area contributed by atoms with Crippen LogP contribution in [0.4, 0.5) is 4.79 Å². The van der Waals surface area contributed by atoms with Gasteiger partial charge in [-0.15, -0.1) is 0 Å². The SMILES string of the molecule is CCOC(=O)C1=C(COC(=O)c2nn(-c3ccccc3)c(=O)c3ccccc23)NC(=O)N[C@@H]1C. The maximum absolute atomic E-state index is 13.1. The summed E-state index contributed by atoms with van der Waals surface area (Å²) in [6.45, 7) is 3.03. The lowest BCUT2D eigenvalue weighted by atomic mass is 10.0. The molecule has 0 saturated heterocycles. The smallest absolute Gasteiger partial charge is 0.359 e. The first kappa shape index (κ1) is 22.7. The molecule has 10 heteroatoms. The Labute approximate surface area is 194 Å². The van der Waals surface area contributed by atoms with E-state index in [9.17, 15) is 19.2 Å². The second-order valence-corrected chi connectivity index (χ2v) is 7.46. The van der Waals surface area contributed by atoms with Crippen molar-refractivity contribution in [2.75, 3.05) is 13.2 Å². The molecule has 2 amide bonds. The maximum atomic E-state index is 13.1. The Morgan fingerprint density at radius 1 is 0.971 bits per heavy atom. The molecule has 4 rings (SSSR count). The third-order valence-electron chi connectivity index (χ3n) is 5.21. The molecule has 2 heterocycles. The Morgan fingerprint density at radius 2 is 1.65 bits per heavy atom. The maximum Gasteiger partial charge on any atom is 0.359 e. The van der Waals surface area contributed by atoms with Crippen molar-refractivity contribution in [2.45, 2.75) is 19.9 Å². The predicted octanol–water partition coefficient (Wildman–Crippen LogP) is 2.06. The Balaban J connectivity index is 1.71. The van der Waals surface area contributed by atoms with Crippen LogP contribution < -0.4 is 16.2 Å². The summed E-state index contributed by atoms with van der Waals surface area (Å²) < 4.78 is 11.6. The van der Waals surface area contributed by atoms with E-state index in [1.807, 2.05) is 0 Å². The highest BCUT2D eigenvalue weighted by Crippen LogP contribution is 2.18. The number of carbonyl (C=O) groups is 3. The number of benzene rings is 2. The second-order valence-electron chi connectivity index (χ2n) is 7.46. The van der Waals surface area contributed by atoms with E-state index in [2.05, 4.69) is 15.7 Å². The average Bonchev–Trinajstić information content (AvgIpc) is 2.83. The predicted molar refractivity (Wildman–Crippen MR) is 122 cm³/mol. The molecule has 2 aromatic carbocycles. The Hall–Kier alpha value is -4.47. The molecule has 0 spiro atoms. The van der Waals surface area contributed by atoms with Gasteiger partial charge in [0.25, 0.3) is 5.56 Å². The number of urea groups is 1. The van der Waals surface area contributed by atoms with Crippen LogP contribution in [0.3, 0.4) is 0 Å². The first-order valence-electron chi connectivity index (χ1n) is 10.6. The van der Waals surface area contributed by atoms with Gasteiger partial charge in [-0.2, -0.15) is 9.78 Å². The van der Waals surface area contributed by atoms with E-state index in [1.165, 1.54) is 0 Å². The quantitative estimate of drug-likeness (QED) is 0.537. The highest BCUT2D eigenvalue weighted by molar-refractivity contribution is 6.02. The van der Waals surface area contributed by atoms with Gasteiger partial charge in [0.1, 0.15) is 6.61 Å². The summed E-state index contributed by atoms with van der Waals surface area (Å²) in [7, 11) is 0. The topological polar surface area (TPSA) is 129 Å². The van der Waals surface area contributed by atoms with E-state index in [1.54, 1.807) is 68.4 Å². The van der Waals surface area contributed by atoms with E-state index < -0.39 is 30.6 Å². The number of nitrogens with zero attached hydrogens (tertiary/aromatic N) is 2. The Morgan fingerprint density at radius 3 is 2.35 bits per heavy atom. The van der Waals surface area contributed by atoms with Crippen molar-refractivity contribution in [3.8, 4) is 5.69 Å². The largest absolute Gasteiger partial charge is 0.463 e. The van der Waals surface area contributed by atoms with Crippen LogP contribution in [-0.4, -0.2) is 47.0 Å². The van der Waals surface area contributed by atoms with Gasteiger partial charge in [-0.1, -0.05) is 36.4 Å². The molecule has 34 heavy (non-hydrogen) atoms. The average molecular weight is 462 g/mol. The molecule has 10 nitrogen and oxygen atoms in total. The Kier molecular flexibility index (Phi) is 6.39. The third-order valence-corrected chi connectivity index (χ3v) is 5.21. The summed E-state index contributed by atoms with van der Waals surface area (Å²) >= 11 is 0. The molecule has 3 aromatic rings. The summed E-state index contributed by atoms with van der Waals surface area (Å²) in [5, 5.41) is 9.97. The van der Waals surface area contributed by atoms with E-state index in [4.69, 9.17) is 9.47 Å². The van der Waals surface area contributed by atoms with Crippen molar-refractivity contribution in [3.05, 3.63) is 81.9 Å². The highest BCUT2D eigenvalue weighted by Gasteiger charge is 2.30. The van der Waals surface area contributed by atoms with Gasteiger partial charge in [0, 0.05) is 5.39 Å². The number of rotatable bonds is 6. The fourth-order valence-corrected chi connectivity index (χ4v) is 3.68. The molecule has 1 aliphatic rings. The molecular weight excluding hydrogens is 440 g/mol. The lowest BCUT2D eigenvalue weighted by Gasteiger charge is -2.26. The van der Waals surface area contributed by atoms with Crippen LogP contribution in [-0.2, 0) is 14.3 Å². The number of aromatic nitrogens is 2. The summed E-state index contributed by atoms with van der Waals surface area (Å²) in [5.41, 5.74) is 0.292. The summed E-state index contributed by atoms with van der Waals surface area (Å²) in [5.74, 6) is -1.45. The fraction of sp³-hybridized carbons (Fsp3) is 0.208. The van der Waals surface area contributed by atoms with Gasteiger partial charge < -0.3 is 20.1 Å². The van der Waals surface area contributed by atoms with Crippen LogP contribution in [0.1, 0.15) is 24.3 Å². The second kappa shape index (κ2) is 9.57. The van der Waals surface area contributed by atoms with Crippen LogP contribution in [0.2, 0.25) is 0 Å². The number of fused-ring (bicyclic) bond motifs is 1. The molecule has 1 aromatic heterocycles. The van der Waals surface area contributed by atoms with Crippen LogP contribution in [0, 0.1) is 0 Å². The van der Waals surface area contributed by atoms with Gasteiger partial charge in [0.2, 0.25) is 0 Å². The molecule has 0 radical (unpaired) electrons. The first-order valence-corrected chi connectivity index (χ1v) is 10.6. The number of para-hydroxylation sites is 1. The molecule has 174 valence electrons. The van der Waals surface area contributed by atoms with Crippen LogP contribution in [0.15, 0.2) is 70.7 Å². The monoisotopic (exact) mass is 462 g/mol. The van der Waals surface area contributed by atoms with Crippen molar-refractivity contribution in [1.29, 1.82) is 0 Å². The minimum atomic E-state index is -0.822. The summed E-state index contributed by atoms with van der Waals surface area (Å²) in [4.78, 5) is 50.4. The molecule has 2 N–H and O–H groups in total. The molecule has 0 unspecified atom stereocenters. The number of amides is 2. The van der Waals surface area contributed by atoms with Crippen molar-refractivity contribution < 1.29 is 23.9 Å². The fourth-order valence-electron chi connectivity index (χ4n) is 3.68. The lowest BCUT2D eigenvalue weighted by Crippen LogP contribution is -2.50. The Bertz CT molecular complexity index is 1360. The lowest BCUT2D eigenvalue weighted by molar-refractivity contribution is -0.139. The normalized spacial score (nSPS) is 15.5. The van der Waals surface area contributed by atoms with Gasteiger partial charge in [0.15, 0.2) is 5.69 Å². The van der Waals surface area contributed by atoms with Crippen LogP contribution in [0.25, 0.3) is 16.5 Å². The van der Waals surface area contributed by atoms with Crippen molar-refractivity contribution >= 4 is 28.7 Å². The standard InChI is InChI=1S/C24H22N4O6/c1-3-33-22(30)19-14(2)25-24(32)26-18(19)13-34-23(31)20-16-11-7-8-12-17(16)21(29)28(27-20)15-9-5-4-6-10-15/h4-12,14H,3,13H2,1-2H3,(H2,25,26,32)/t14-/m1/s1. The number of esters is 2. The van der Waals surface area contributed by atoms with E-state index >= 15 is 0 Å². The van der Waals surface area contributed by atoms with Crippen molar-refractivity contribution in [3.63, 3.8) is 0 Å². The molecule has 0 bridgehead atoms. The van der Waals surface area contributed by atoms with Crippen LogP contribution in [0.5, 0.6) is 0 Å². The third kappa shape index (κ3) is 4.38. The summed E-state index contributed by atoms with van der Waals surface area (Å²) in [6, 6.07) is 14.1. The van der Waals surface area contributed by atoms with Gasteiger partial charge in [-0.3, -0.25) is 4.79 Å². The van der Waals surface area contributed by atoms with E-state index in [0.717, 1.165) is 4.68 Å². The van der Waals surface area contributed by atoms with Gasteiger partial charge in [0.05, 0.1) is 35.0 Å². The van der Waals surface area contributed by atoms with E-state index in [0.29, 0.717) is 16.5 Å². The molecule has 1 aliphatic heterocycles. The first-order chi connectivity index (χ1) is 16.4. The molecule has 1 atom stereocenters. The zero-order valence-corrected chi connectivity index (χ0v) is 18.5. The number of carbonyl (C=O) groups excluding carboxylic acids is 3. The minimum Gasteiger partial charge on any atom is -0.463 e. The highest BCUT2D eigenvalue weighted by atomic mass is 16.5. The number of ether oxygens (including phenoxy) is 2. The summed E-state index contributed by atoms with van der Waals surface area (Å²) in [6.07, 6.45) is 0. The molecular formula is C24H22N4O6. The van der Waals surface area contributed by atoms with E-state index in [-0.39, 0.29) is 29.1 Å². The number of nitrogens with one attached hydrogen (secondary N) is 2.